The van der Waals surface area contributed by atoms with E-state index in [1.807, 2.05) is 12.1 Å². The number of nitriles is 1. The minimum atomic E-state index is -0.654. The first-order chi connectivity index (χ1) is 12.5. The summed E-state index contributed by atoms with van der Waals surface area (Å²) < 4.78 is 18.8. The monoisotopic (exact) mass is 366 g/mol. The van der Waals surface area contributed by atoms with Crippen molar-refractivity contribution in [3.05, 3.63) is 82.8 Å². The molecule has 0 bridgehead atoms. The van der Waals surface area contributed by atoms with E-state index in [2.05, 4.69) is 5.32 Å². The summed E-state index contributed by atoms with van der Waals surface area (Å²) in [4.78, 5) is 12.2. The lowest BCUT2D eigenvalue weighted by atomic mass is 10.2. The highest BCUT2D eigenvalue weighted by Gasteiger charge is 2.12. The summed E-state index contributed by atoms with van der Waals surface area (Å²) in [5.74, 6) is -0.242. The largest absolute Gasteiger partial charge is 0.457 e. The Morgan fingerprint density at radius 1 is 1.15 bits per heavy atom. The molecule has 26 heavy (non-hydrogen) atoms. The van der Waals surface area contributed by atoms with Crippen LogP contribution in [-0.4, -0.2) is 5.91 Å². The topological polar surface area (TPSA) is 66.0 Å². The van der Waals surface area contributed by atoms with Crippen LogP contribution in [0.15, 0.2) is 70.7 Å². The lowest BCUT2D eigenvalue weighted by Gasteiger charge is -2.03. The predicted octanol–water partition coefficient (Wildman–Crippen LogP) is 5.28. The van der Waals surface area contributed by atoms with Crippen molar-refractivity contribution in [2.45, 2.75) is 0 Å². The Kier molecular flexibility index (Phi) is 5.16. The average molecular weight is 367 g/mol. The lowest BCUT2D eigenvalue weighted by Crippen LogP contribution is -2.13. The second kappa shape index (κ2) is 7.68. The van der Waals surface area contributed by atoms with Crippen molar-refractivity contribution in [2.75, 3.05) is 5.32 Å². The van der Waals surface area contributed by atoms with Gasteiger partial charge in [0.05, 0.1) is 0 Å². The van der Waals surface area contributed by atoms with E-state index < -0.39 is 11.7 Å². The molecule has 1 amide bonds. The van der Waals surface area contributed by atoms with E-state index in [1.165, 1.54) is 24.3 Å². The molecule has 0 saturated heterocycles. The summed E-state index contributed by atoms with van der Waals surface area (Å²) >= 11 is 5.96. The molecule has 6 heteroatoms. The molecule has 0 radical (unpaired) electrons. The zero-order valence-electron chi connectivity index (χ0n) is 13.4. The summed E-state index contributed by atoms with van der Waals surface area (Å²) in [5, 5.41) is 12.3. The van der Waals surface area contributed by atoms with E-state index in [-0.39, 0.29) is 11.3 Å². The van der Waals surface area contributed by atoms with Crippen LogP contribution in [-0.2, 0) is 4.79 Å². The Balaban J connectivity index is 1.81. The van der Waals surface area contributed by atoms with Crippen LogP contribution < -0.4 is 5.32 Å². The SMILES string of the molecule is N#C/C(=C/c1ccc(-c2cccc(Cl)c2)o1)C(=O)Nc1cccc(F)c1. The standard InChI is InChI=1S/C20H12ClFN2O2/c21-15-4-1-3-13(9-15)19-8-7-18(26-19)10-14(12-23)20(25)24-17-6-2-5-16(22)11-17/h1-11H,(H,24,25)/b14-10-. The third kappa shape index (κ3) is 4.18. The fourth-order valence-electron chi connectivity index (χ4n) is 2.28. The molecule has 0 saturated carbocycles. The fourth-order valence-corrected chi connectivity index (χ4v) is 2.47. The quantitative estimate of drug-likeness (QED) is 0.504. The normalized spacial score (nSPS) is 11.0. The van der Waals surface area contributed by atoms with Crippen LogP contribution in [0.5, 0.6) is 0 Å². The number of anilines is 1. The minimum Gasteiger partial charge on any atom is -0.457 e. The number of furan rings is 1. The molecular weight excluding hydrogens is 355 g/mol. The maximum atomic E-state index is 13.2. The highest BCUT2D eigenvalue weighted by Crippen LogP contribution is 2.25. The van der Waals surface area contributed by atoms with Crippen LogP contribution in [0.2, 0.25) is 5.02 Å². The van der Waals surface area contributed by atoms with Gasteiger partial charge in [0.25, 0.3) is 5.91 Å². The van der Waals surface area contributed by atoms with E-state index in [4.69, 9.17) is 16.0 Å². The number of nitrogens with zero attached hydrogens (tertiary/aromatic N) is 1. The summed E-state index contributed by atoms with van der Waals surface area (Å²) in [5.41, 5.74) is 0.872. The lowest BCUT2D eigenvalue weighted by molar-refractivity contribution is -0.112. The number of benzene rings is 2. The van der Waals surface area contributed by atoms with Gasteiger partial charge in [-0.05, 0) is 42.5 Å². The van der Waals surface area contributed by atoms with Gasteiger partial charge in [0.15, 0.2) is 0 Å². The number of halogens is 2. The molecule has 0 aliphatic carbocycles. The second-order valence-electron chi connectivity index (χ2n) is 5.35. The van der Waals surface area contributed by atoms with E-state index in [9.17, 15) is 14.4 Å². The van der Waals surface area contributed by atoms with Crippen LogP contribution >= 0.6 is 11.6 Å². The van der Waals surface area contributed by atoms with Gasteiger partial charge in [-0.25, -0.2) is 4.39 Å². The summed E-state index contributed by atoms with van der Waals surface area (Å²) in [7, 11) is 0. The molecule has 3 rings (SSSR count). The Morgan fingerprint density at radius 2 is 1.96 bits per heavy atom. The van der Waals surface area contributed by atoms with Crippen LogP contribution in [0.25, 0.3) is 17.4 Å². The summed E-state index contributed by atoms with van der Waals surface area (Å²) in [6.45, 7) is 0. The van der Waals surface area contributed by atoms with Gasteiger partial charge in [-0.1, -0.05) is 29.8 Å². The zero-order chi connectivity index (χ0) is 18.5. The van der Waals surface area contributed by atoms with Crippen molar-refractivity contribution in [2.24, 2.45) is 0 Å². The number of rotatable bonds is 4. The first kappa shape index (κ1) is 17.5. The van der Waals surface area contributed by atoms with Gasteiger partial charge in [0.1, 0.15) is 29.0 Å². The molecule has 0 fully saturated rings. The number of hydrogen-bond donors (Lipinski definition) is 1. The van der Waals surface area contributed by atoms with E-state index in [0.717, 1.165) is 11.6 Å². The first-order valence-electron chi connectivity index (χ1n) is 7.59. The molecule has 0 unspecified atom stereocenters. The third-order valence-corrected chi connectivity index (χ3v) is 3.71. The van der Waals surface area contributed by atoms with Crippen molar-refractivity contribution in [3.8, 4) is 17.4 Å². The number of carbonyl (C=O) groups excluding carboxylic acids is 1. The highest BCUT2D eigenvalue weighted by atomic mass is 35.5. The number of nitrogens with one attached hydrogen (secondary N) is 1. The molecule has 1 heterocycles. The van der Waals surface area contributed by atoms with Gasteiger partial charge in [-0.3, -0.25) is 4.79 Å². The molecule has 3 aromatic rings. The second-order valence-corrected chi connectivity index (χ2v) is 5.78. The van der Waals surface area contributed by atoms with Crippen molar-refractivity contribution < 1.29 is 13.6 Å². The van der Waals surface area contributed by atoms with Crippen molar-refractivity contribution in [1.29, 1.82) is 5.26 Å². The van der Waals surface area contributed by atoms with Crippen molar-refractivity contribution >= 4 is 29.3 Å². The van der Waals surface area contributed by atoms with Crippen LogP contribution in [0.4, 0.5) is 10.1 Å². The van der Waals surface area contributed by atoms with E-state index >= 15 is 0 Å². The Labute approximate surface area is 154 Å². The Hall–Kier alpha value is -3.36. The number of amides is 1. The number of carbonyl (C=O) groups is 1. The summed E-state index contributed by atoms with van der Waals surface area (Å²) in [6.07, 6.45) is 1.32. The van der Waals surface area contributed by atoms with Crippen LogP contribution in [0, 0.1) is 17.1 Å². The third-order valence-electron chi connectivity index (χ3n) is 3.47. The number of hydrogen-bond acceptors (Lipinski definition) is 3. The summed E-state index contributed by atoms with van der Waals surface area (Å²) in [6, 6.07) is 17.7. The van der Waals surface area contributed by atoms with Gasteiger partial charge < -0.3 is 9.73 Å². The fraction of sp³-hybridized carbons (Fsp3) is 0. The maximum Gasteiger partial charge on any atom is 0.266 e. The predicted molar refractivity (Wildman–Crippen MR) is 97.8 cm³/mol. The average Bonchev–Trinajstić information content (AvgIpc) is 3.08. The smallest absolute Gasteiger partial charge is 0.266 e. The van der Waals surface area contributed by atoms with Crippen molar-refractivity contribution in [3.63, 3.8) is 0 Å². The molecular formula is C20H12ClFN2O2. The molecule has 1 aromatic heterocycles. The molecule has 0 spiro atoms. The van der Waals surface area contributed by atoms with Gasteiger partial charge >= 0.3 is 0 Å². The molecule has 1 N–H and O–H groups in total. The molecule has 0 atom stereocenters. The maximum absolute atomic E-state index is 13.2. The molecule has 2 aromatic carbocycles. The Bertz CT molecular complexity index is 1030. The van der Waals surface area contributed by atoms with E-state index in [1.54, 1.807) is 30.3 Å². The van der Waals surface area contributed by atoms with Gasteiger partial charge in [-0.15, -0.1) is 0 Å². The molecule has 128 valence electrons. The van der Waals surface area contributed by atoms with Gasteiger partial charge in [0, 0.05) is 22.3 Å². The highest BCUT2D eigenvalue weighted by molar-refractivity contribution is 6.30. The van der Waals surface area contributed by atoms with Gasteiger partial charge in [-0.2, -0.15) is 5.26 Å². The van der Waals surface area contributed by atoms with Crippen molar-refractivity contribution in [1.82, 2.24) is 0 Å². The minimum absolute atomic E-state index is 0.166. The van der Waals surface area contributed by atoms with E-state index in [0.29, 0.717) is 16.5 Å². The van der Waals surface area contributed by atoms with Crippen LogP contribution in [0.3, 0.4) is 0 Å². The van der Waals surface area contributed by atoms with Crippen LogP contribution in [0.1, 0.15) is 5.76 Å². The zero-order valence-corrected chi connectivity index (χ0v) is 14.1. The first-order valence-corrected chi connectivity index (χ1v) is 7.97. The Morgan fingerprint density at radius 3 is 2.69 bits per heavy atom. The molecule has 4 nitrogen and oxygen atoms in total. The molecule has 0 aliphatic heterocycles. The molecule has 0 aliphatic rings. The van der Waals surface area contributed by atoms with Gasteiger partial charge in [0.2, 0.25) is 0 Å².